The van der Waals surface area contributed by atoms with Crippen LogP contribution in [0.1, 0.15) is 6.42 Å². The van der Waals surface area contributed by atoms with E-state index in [1.807, 2.05) is 0 Å². The zero-order valence-electron chi connectivity index (χ0n) is 11.0. The van der Waals surface area contributed by atoms with E-state index < -0.39 is 9.84 Å². The van der Waals surface area contributed by atoms with Gasteiger partial charge in [-0.1, -0.05) is 23.2 Å². The highest BCUT2D eigenvalue weighted by Crippen LogP contribution is 2.26. The second-order valence-electron chi connectivity index (χ2n) is 5.16. The molecule has 0 aliphatic carbocycles. The van der Waals surface area contributed by atoms with E-state index in [9.17, 15) is 8.42 Å². The predicted molar refractivity (Wildman–Crippen MR) is 84.8 cm³/mol. The Bertz CT molecular complexity index is 795. The quantitative estimate of drug-likeness (QED) is 0.925. The van der Waals surface area contributed by atoms with Gasteiger partial charge in [0.25, 0.3) is 0 Å². The SMILES string of the molecule is O=S1(=O)CC[C@H](CNc2cnc3cc(Cl)c(Cl)cc3n2)C1. The average molecular weight is 346 g/mol. The minimum atomic E-state index is -2.85. The van der Waals surface area contributed by atoms with Crippen molar-refractivity contribution in [3.05, 3.63) is 28.4 Å². The van der Waals surface area contributed by atoms with E-state index >= 15 is 0 Å². The molecule has 1 aliphatic heterocycles. The van der Waals surface area contributed by atoms with Gasteiger partial charge in [-0.3, -0.25) is 4.98 Å². The van der Waals surface area contributed by atoms with Gasteiger partial charge in [0.15, 0.2) is 9.84 Å². The number of hydrogen-bond donors (Lipinski definition) is 1. The minimum absolute atomic E-state index is 0.126. The van der Waals surface area contributed by atoms with Crippen molar-refractivity contribution in [1.29, 1.82) is 0 Å². The van der Waals surface area contributed by atoms with E-state index in [0.717, 1.165) is 0 Å². The van der Waals surface area contributed by atoms with Gasteiger partial charge in [-0.2, -0.15) is 0 Å². The Balaban J connectivity index is 1.74. The summed E-state index contributed by atoms with van der Waals surface area (Å²) in [5.74, 6) is 1.24. The number of nitrogens with one attached hydrogen (secondary N) is 1. The van der Waals surface area contributed by atoms with E-state index in [2.05, 4.69) is 15.3 Å². The van der Waals surface area contributed by atoms with Crippen LogP contribution >= 0.6 is 23.2 Å². The summed E-state index contributed by atoms with van der Waals surface area (Å²) in [7, 11) is -2.85. The second-order valence-corrected chi connectivity index (χ2v) is 8.20. The first kappa shape index (κ1) is 14.8. The fourth-order valence-corrected chi connectivity index (χ4v) is 4.55. The van der Waals surface area contributed by atoms with Crippen LogP contribution in [-0.2, 0) is 9.84 Å². The maximum Gasteiger partial charge on any atom is 0.150 e. The number of fused-ring (bicyclic) bond motifs is 1. The van der Waals surface area contributed by atoms with Crippen molar-refractivity contribution in [3.63, 3.8) is 0 Å². The standard InChI is InChI=1S/C13H13Cl2N3O2S/c14-9-3-11-12(4-10(9)15)18-13(6-16-11)17-5-8-1-2-21(19,20)7-8/h3-4,6,8H,1-2,5,7H2,(H,17,18)/t8-/m1/s1. The monoisotopic (exact) mass is 345 g/mol. The summed E-state index contributed by atoms with van der Waals surface area (Å²) in [6, 6.07) is 3.33. The highest BCUT2D eigenvalue weighted by Gasteiger charge is 2.27. The molecular formula is C13H13Cl2N3O2S. The van der Waals surface area contributed by atoms with Crippen LogP contribution in [0.5, 0.6) is 0 Å². The molecule has 0 bridgehead atoms. The number of nitrogens with zero attached hydrogens (tertiary/aromatic N) is 2. The Hall–Kier alpha value is -1.11. The van der Waals surface area contributed by atoms with Gasteiger partial charge in [0.1, 0.15) is 5.82 Å². The lowest BCUT2D eigenvalue weighted by molar-refractivity contribution is 0.595. The first-order valence-corrected chi connectivity index (χ1v) is 9.07. The molecular weight excluding hydrogens is 333 g/mol. The molecule has 1 N–H and O–H groups in total. The number of rotatable bonds is 3. The molecule has 0 spiro atoms. The van der Waals surface area contributed by atoms with Crippen LogP contribution in [0.4, 0.5) is 5.82 Å². The minimum Gasteiger partial charge on any atom is -0.368 e. The zero-order valence-corrected chi connectivity index (χ0v) is 13.3. The van der Waals surface area contributed by atoms with E-state index in [1.165, 1.54) is 0 Å². The molecule has 1 aromatic heterocycles. The molecule has 0 unspecified atom stereocenters. The number of aromatic nitrogens is 2. The average Bonchev–Trinajstić information content (AvgIpc) is 2.77. The molecule has 0 amide bonds. The van der Waals surface area contributed by atoms with Crippen LogP contribution in [0.3, 0.4) is 0 Å². The zero-order chi connectivity index (χ0) is 15.0. The Morgan fingerprint density at radius 3 is 2.62 bits per heavy atom. The maximum absolute atomic E-state index is 11.4. The van der Waals surface area contributed by atoms with E-state index in [1.54, 1.807) is 18.3 Å². The van der Waals surface area contributed by atoms with Gasteiger partial charge < -0.3 is 5.32 Å². The van der Waals surface area contributed by atoms with Crippen molar-refractivity contribution in [3.8, 4) is 0 Å². The lowest BCUT2D eigenvalue weighted by atomic mass is 10.1. The topological polar surface area (TPSA) is 72.0 Å². The van der Waals surface area contributed by atoms with Crippen molar-refractivity contribution in [1.82, 2.24) is 9.97 Å². The van der Waals surface area contributed by atoms with Gasteiger partial charge in [-0.15, -0.1) is 0 Å². The molecule has 8 heteroatoms. The fraction of sp³-hybridized carbons (Fsp3) is 0.385. The first-order chi connectivity index (χ1) is 9.93. The number of anilines is 1. The van der Waals surface area contributed by atoms with Gasteiger partial charge in [-0.05, 0) is 24.5 Å². The summed E-state index contributed by atoms with van der Waals surface area (Å²) < 4.78 is 22.8. The molecule has 2 heterocycles. The fourth-order valence-electron chi connectivity index (χ4n) is 2.38. The first-order valence-electron chi connectivity index (χ1n) is 6.49. The molecule has 1 aliphatic rings. The van der Waals surface area contributed by atoms with Gasteiger partial charge >= 0.3 is 0 Å². The van der Waals surface area contributed by atoms with E-state index in [-0.39, 0.29) is 17.4 Å². The normalized spacial score (nSPS) is 20.8. The van der Waals surface area contributed by atoms with Crippen molar-refractivity contribution in [2.75, 3.05) is 23.4 Å². The van der Waals surface area contributed by atoms with E-state index in [4.69, 9.17) is 23.2 Å². The maximum atomic E-state index is 11.4. The third kappa shape index (κ3) is 3.39. The van der Waals surface area contributed by atoms with E-state index in [0.29, 0.717) is 39.9 Å². The van der Waals surface area contributed by atoms with Crippen LogP contribution in [0.2, 0.25) is 10.0 Å². The lowest BCUT2D eigenvalue weighted by Crippen LogP contribution is -2.16. The van der Waals surface area contributed by atoms with Crippen molar-refractivity contribution >= 4 is 49.9 Å². The molecule has 5 nitrogen and oxygen atoms in total. The molecule has 112 valence electrons. The smallest absolute Gasteiger partial charge is 0.150 e. The highest BCUT2D eigenvalue weighted by molar-refractivity contribution is 7.91. The summed E-state index contributed by atoms with van der Waals surface area (Å²) in [4.78, 5) is 8.68. The summed E-state index contributed by atoms with van der Waals surface area (Å²) in [5.41, 5.74) is 1.31. The molecule has 21 heavy (non-hydrogen) atoms. The molecule has 1 saturated heterocycles. The van der Waals surface area contributed by atoms with Gasteiger partial charge in [0.2, 0.25) is 0 Å². The van der Waals surface area contributed by atoms with Gasteiger partial charge in [0.05, 0.1) is 38.8 Å². The molecule has 0 radical (unpaired) electrons. The van der Waals surface area contributed by atoms with Crippen LogP contribution < -0.4 is 5.32 Å². The lowest BCUT2D eigenvalue weighted by Gasteiger charge is -2.10. The van der Waals surface area contributed by atoms with Crippen LogP contribution in [0.15, 0.2) is 18.3 Å². The Morgan fingerprint density at radius 2 is 1.95 bits per heavy atom. The molecule has 1 aromatic carbocycles. The molecule has 1 atom stereocenters. The summed E-state index contributed by atoms with van der Waals surface area (Å²) >= 11 is 11.9. The second kappa shape index (κ2) is 5.59. The van der Waals surface area contributed by atoms with Crippen LogP contribution in [0.25, 0.3) is 11.0 Å². The summed E-state index contributed by atoms with van der Waals surface area (Å²) in [6.45, 7) is 0.570. The van der Waals surface area contributed by atoms with Gasteiger partial charge in [-0.25, -0.2) is 13.4 Å². The summed E-state index contributed by atoms with van der Waals surface area (Å²) in [5, 5.41) is 4.00. The number of halogens is 2. The van der Waals surface area contributed by atoms with Crippen LogP contribution in [-0.4, -0.2) is 36.4 Å². The summed E-state index contributed by atoms with van der Waals surface area (Å²) in [6.07, 6.45) is 2.30. The van der Waals surface area contributed by atoms with Crippen molar-refractivity contribution in [2.45, 2.75) is 6.42 Å². The van der Waals surface area contributed by atoms with Crippen LogP contribution in [0, 0.1) is 5.92 Å². The van der Waals surface area contributed by atoms with Crippen molar-refractivity contribution < 1.29 is 8.42 Å². The molecule has 0 saturated carbocycles. The number of hydrogen-bond acceptors (Lipinski definition) is 5. The Kier molecular flexibility index (Phi) is 3.94. The Morgan fingerprint density at radius 1 is 1.24 bits per heavy atom. The molecule has 1 fully saturated rings. The molecule has 3 rings (SSSR count). The largest absolute Gasteiger partial charge is 0.368 e. The van der Waals surface area contributed by atoms with Gasteiger partial charge in [0, 0.05) is 6.54 Å². The Labute approximate surface area is 132 Å². The third-order valence-electron chi connectivity index (χ3n) is 3.48. The predicted octanol–water partition coefficient (Wildman–Crippen LogP) is 2.78. The highest BCUT2D eigenvalue weighted by atomic mass is 35.5. The molecule has 2 aromatic rings. The number of sulfone groups is 1. The number of benzene rings is 1. The van der Waals surface area contributed by atoms with Crippen molar-refractivity contribution in [2.24, 2.45) is 5.92 Å². The third-order valence-corrected chi connectivity index (χ3v) is 6.04.